The van der Waals surface area contributed by atoms with E-state index in [2.05, 4.69) is 22.9 Å². The van der Waals surface area contributed by atoms with Gasteiger partial charge < -0.3 is 69.5 Å². The van der Waals surface area contributed by atoms with Crippen molar-refractivity contribution in [2.24, 2.45) is 46.8 Å². The number of halogens is 3. The van der Waals surface area contributed by atoms with E-state index >= 15 is 28.8 Å². The molecule has 106 heavy (non-hydrogen) atoms. The largest absolute Gasteiger partial charge is 0.394 e. The van der Waals surface area contributed by atoms with Crippen LogP contribution in [-0.2, 0) is 67.0 Å². The van der Waals surface area contributed by atoms with E-state index in [-0.39, 0.29) is 89.8 Å². The lowest BCUT2D eigenvalue weighted by atomic mass is 9.58. The lowest BCUT2D eigenvalue weighted by Gasteiger charge is -2.54. The third-order valence-corrected chi connectivity index (χ3v) is 23.9. The molecule has 13 atom stereocenters. The molecular weight excluding hydrogens is 1370 g/mol. The van der Waals surface area contributed by atoms with E-state index in [1.807, 2.05) is 40.7 Å². The highest BCUT2D eigenvalue weighted by Crippen LogP contribution is 2.50. The fourth-order valence-corrected chi connectivity index (χ4v) is 17.5. The van der Waals surface area contributed by atoms with Gasteiger partial charge >= 0.3 is 6.18 Å². The Bertz CT molecular complexity index is 3130. The van der Waals surface area contributed by atoms with Crippen molar-refractivity contribution < 1.29 is 80.2 Å². The third-order valence-electron chi connectivity index (χ3n) is 23.9. The molecule has 29 heteroatoms. The monoisotopic (exact) mass is 1500 g/mol. The van der Waals surface area contributed by atoms with Crippen LogP contribution < -0.4 is 16.0 Å². The summed E-state index contributed by atoms with van der Waals surface area (Å²) in [5, 5.41) is 8.85. The molecule has 3 aliphatic carbocycles. The van der Waals surface area contributed by atoms with Gasteiger partial charge in [-0.2, -0.15) is 13.2 Å². The van der Waals surface area contributed by atoms with Gasteiger partial charge in [-0.25, -0.2) is 0 Å². The predicted octanol–water partition coefficient (Wildman–Crippen LogP) is 6.03. The second kappa shape index (κ2) is 38.0. The van der Waals surface area contributed by atoms with Gasteiger partial charge in [0.05, 0.1) is 37.6 Å². The first kappa shape index (κ1) is 88.0. The first-order chi connectivity index (χ1) is 49.6. The number of alkyl halides is 3. The molecule has 0 aromatic rings. The topological polar surface area (TPSA) is 289 Å². The van der Waals surface area contributed by atoms with Crippen LogP contribution in [0, 0.1) is 46.8 Å². The standard InChI is InChI=1S/C77H127F3N12O14/c1-20-48(8)63-72(102)86(14)43-62(95)87(15)55-27-25-24-26-36-91(71(55)101)58(37-49-30-28-47(7)29-31-49)70(100)85(13)42-60(93)81-54(35-33-50-32-34-53(77(78,79)80)59(38-50)105-19)68(98)92-41-52(106-23-4)39-56(92)66(96)83-76(44-75(9,10)45-76)74(104)90(18)65(51(21-2)22-3)73(103)88(16)57(69(99)84(11)12)40-61(94)89(17)64(46(5)6)67(97)82-63/h24-25,46-59,63-65H,20-23,26-45H2,1-19H3,(H,81,93)(H,82,97)(H,83,96)/b25-24-/t47?,48-,49?,50?,52+,53?,54-,55-,56-,57-,58-,59?,63-,64-,65-/m0/s1. The SMILES string of the molecule is CCO[C@@H]1C[C@H]2C(=O)NC3(CC(C)(C)C3)C(=O)N(C)[C@@H](C(CC)CC)C(=O)N(C)[C@H](C(=O)N(C)C)CC(=O)N(C)[C@@H](C(C)C)C(=O)N[C@@H]([C@@H](C)CC)C(=O)N(C)CC(=O)N(C)[C@H]3C/C=C\CCN(C3=O)[C@@H](CC3CCC(C)CC3)C(=O)N(C)CC(=O)N[C@@H](CCC3CCC(C(F)(F)F)C(OC)C3)C(=O)N2C1. The molecule has 12 amide bonds. The van der Waals surface area contributed by atoms with Crippen LogP contribution in [0.1, 0.15) is 191 Å². The summed E-state index contributed by atoms with van der Waals surface area (Å²) in [6.45, 7) is 17.4. The van der Waals surface area contributed by atoms with E-state index in [1.54, 1.807) is 33.8 Å². The van der Waals surface area contributed by atoms with Crippen molar-refractivity contribution in [3.05, 3.63) is 12.2 Å². The van der Waals surface area contributed by atoms with Crippen LogP contribution in [0.25, 0.3) is 0 Å². The van der Waals surface area contributed by atoms with E-state index in [9.17, 15) is 41.9 Å². The fraction of sp³-hybridized carbons (Fsp3) is 0.818. The molecule has 6 aliphatic rings. The molecule has 3 heterocycles. The van der Waals surface area contributed by atoms with Gasteiger partial charge in [0.25, 0.3) is 0 Å². The normalized spacial score (nSPS) is 31.1. The van der Waals surface area contributed by atoms with Gasteiger partial charge in [0.1, 0.15) is 53.9 Å². The number of carbonyl (C=O) groups is 12. The van der Waals surface area contributed by atoms with E-state index in [0.29, 0.717) is 31.6 Å². The summed E-state index contributed by atoms with van der Waals surface area (Å²) in [5.41, 5.74) is -2.21. The Hall–Kier alpha value is -6.91. The van der Waals surface area contributed by atoms with Crippen LogP contribution in [0.3, 0.4) is 0 Å². The zero-order valence-corrected chi connectivity index (χ0v) is 66.8. The first-order valence-corrected chi connectivity index (χ1v) is 38.8. The van der Waals surface area contributed by atoms with Crippen molar-refractivity contribution >= 4 is 70.9 Å². The second-order valence-electron chi connectivity index (χ2n) is 32.9. The number of methoxy groups -OCH3 is 1. The van der Waals surface area contributed by atoms with Gasteiger partial charge in [0, 0.05) is 89.6 Å². The van der Waals surface area contributed by atoms with Crippen LogP contribution in [0.2, 0.25) is 0 Å². The number of nitrogens with zero attached hydrogens (tertiary/aromatic N) is 9. The van der Waals surface area contributed by atoms with E-state index in [0.717, 1.165) is 30.6 Å². The number of likely N-dealkylation sites (N-methyl/N-ethyl adjacent to an activating group) is 7. The van der Waals surface area contributed by atoms with Gasteiger partial charge in [-0.3, -0.25) is 57.5 Å². The van der Waals surface area contributed by atoms with Gasteiger partial charge in [0.2, 0.25) is 70.9 Å². The number of nitrogens with one attached hydrogen (secondary N) is 3. The molecule has 0 aromatic heterocycles. The molecule has 1 spiro atoms. The van der Waals surface area contributed by atoms with Gasteiger partial charge in [-0.15, -0.1) is 0 Å². The number of carbonyl (C=O) groups excluding carboxylic acids is 12. The van der Waals surface area contributed by atoms with Crippen molar-refractivity contribution in [2.75, 3.05) is 96.3 Å². The molecule has 3 saturated carbocycles. The van der Waals surface area contributed by atoms with Crippen molar-refractivity contribution in [2.45, 2.75) is 263 Å². The zero-order chi connectivity index (χ0) is 79.4. The Morgan fingerprint density at radius 1 is 0.670 bits per heavy atom. The van der Waals surface area contributed by atoms with Gasteiger partial charge in [-0.1, -0.05) is 119 Å². The average Bonchev–Trinajstić information content (AvgIpc) is 0.859. The lowest BCUT2D eigenvalue weighted by Crippen LogP contribution is -2.71. The highest BCUT2D eigenvalue weighted by molar-refractivity contribution is 6.01. The van der Waals surface area contributed by atoms with Crippen LogP contribution in [0.15, 0.2) is 12.2 Å². The Kier molecular flexibility index (Phi) is 31.5. The molecule has 2 bridgehead atoms. The zero-order valence-electron chi connectivity index (χ0n) is 66.8. The average molecular weight is 1500 g/mol. The fourth-order valence-electron chi connectivity index (χ4n) is 17.5. The Labute approximate surface area is 627 Å². The number of rotatable bonds is 15. The Balaban J connectivity index is 1.49. The predicted molar refractivity (Wildman–Crippen MR) is 393 cm³/mol. The second-order valence-corrected chi connectivity index (χ2v) is 32.9. The van der Waals surface area contributed by atoms with Crippen LogP contribution in [-0.4, -0.2) is 284 Å². The summed E-state index contributed by atoms with van der Waals surface area (Å²) < 4.78 is 54.6. The minimum atomic E-state index is -4.53. The van der Waals surface area contributed by atoms with Gasteiger partial charge in [-0.05, 0) is 112 Å². The molecule has 600 valence electrons. The maximum atomic E-state index is 15.8. The van der Waals surface area contributed by atoms with Gasteiger partial charge in [0.15, 0.2) is 0 Å². The Morgan fingerprint density at radius 2 is 1.29 bits per heavy atom. The van der Waals surface area contributed by atoms with Crippen molar-refractivity contribution in [3.63, 3.8) is 0 Å². The molecule has 0 aromatic carbocycles. The van der Waals surface area contributed by atoms with Crippen molar-refractivity contribution in [1.29, 1.82) is 0 Å². The molecule has 26 nitrogen and oxygen atoms in total. The summed E-state index contributed by atoms with van der Waals surface area (Å²) in [7, 11) is 12.7. The summed E-state index contributed by atoms with van der Waals surface area (Å²) in [5.74, 6) is -11.3. The molecular formula is C77H127F3N12O14. The quantitative estimate of drug-likeness (QED) is 0.158. The minimum absolute atomic E-state index is 0.00720. The third kappa shape index (κ3) is 21.3. The lowest BCUT2D eigenvalue weighted by molar-refractivity contribution is -0.215. The number of ether oxygens (including phenoxy) is 2. The summed E-state index contributed by atoms with van der Waals surface area (Å²) in [6.07, 6.45) is 1.73. The molecule has 5 fully saturated rings. The van der Waals surface area contributed by atoms with E-state index < -0.39 is 198 Å². The smallest absolute Gasteiger partial charge is 0.381 e. The minimum Gasteiger partial charge on any atom is -0.381 e. The molecule has 3 N–H and O–H groups in total. The molecule has 0 radical (unpaired) electrons. The van der Waals surface area contributed by atoms with Crippen LogP contribution in [0.4, 0.5) is 13.2 Å². The summed E-state index contributed by atoms with van der Waals surface area (Å²) in [4.78, 5) is 194. The summed E-state index contributed by atoms with van der Waals surface area (Å²) >= 11 is 0. The maximum Gasteiger partial charge on any atom is 0.394 e. The van der Waals surface area contributed by atoms with Crippen molar-refractivity contribution in [3.8, 4) is 0 Å². The highest BCUT2D eigenvalue weighted by Gasteiger charge is 2.59. The molecule has 3 aliphatic heterocycles. The van der Waals surface area contributed by atoms with Crippen LogP contribution in [0.5, 0.6) is 0 Å². The molecule has 2 saturated heterocycles. The number of amides is 12. The molecule has 3 unspecified atom stereocenters. The number of fused-ring (bicyclic) bond motifs is 3. The summed E-state index contributed by atoms with van der Waals surface area (Å²) in [6, 6.07) is -10.3. The Morgan fingerprint density at radius 3 is 1.86 bits per heavy atom. The van der Waals surface area contributed by atoms with Crippen molar-refractivity contribution in [1.82, 2.24) is 60.0 Å². The highest BCUT2D eigenvalue weighted by atomic mass is 19.4. The van der Waals surface area contributed by atoms with E-state index in [4.69, 9.17) is 9.47 Å². The molecule has 6 rings (SSSR count). The maximum absolute atomic E-state index is 15.8. The number of hydrogen-bond donors (Lipinski definition) is 3. The van der Waals surface area contributed by atoms with E-state index in [1.165, 1.54) is 103 Å². The first-order valence-electron chi connectivity index (χ1n) is 38.8. The number of hydrogen-bond acceptors (Lipinski definition) is 14. The van der Waals surface area contributed by atoms with Crippen LogP contribution >= 0.6 is 0 Å².